The molecule has 1 atom stereocenters. The summed E-state index contributed by atoms with van der Waals surface area (Å²) >= 11 is 0. The fourth-order valence-electron chi connectivity index (χ4n) is 4.09. The molecule has 2 saturated heterocycles. The smallest absolute Gasteiger partial charge is 0.399 e. The lowest BCUT2D eigenvalue weighted by molar-refractivity contribution is 0.00578. The Morgan fingerprint density at radius 2 is 1.79 bits per heavy atom. The number of aromatic nitrogens is 2. The topological polar surface area (TPSA) is 76.7 Å². The highest BCUT2D eigenvalue weighted by Gasteiger charge is 2.52. The maximum Gasteiger partial charge on any atom is 0.498 e. The number of hydrogen-bond acceptors (Lipinski definition) is 7. The van der Waals surface area contributed by atoms with E-state index >= 15 is 0 Å². The number of rotatable bonds is 7. The van der Waals surface area contributed by atoms with Crippen LogP contribution in [0.15, 0.2) is 12.4 Å². The zero-order valence-electron chi connectivity index (χ0n) is 17.7. The number of nitrogens with two attached hydrogens (primary N) is 1. The lowest BCUT2D eigenvalue weighted by atomic mass is 9.81. The second-order valence-corrected chi connectivity index (χ2v) is 9.53. The van der Waals surface area contributed by atoms with Crippen molar-refractivity contribution in [2.45, 2.75) is 64.2 Å². The van der Waals surface area contributed by atoms with Crippen LogP contribution < -0.4 is 16.1 Å². The third-order valence-corrected chi connectivity index (χ3v) is 6.70. The first-order valence-corrected chi connectivity index (χ1v) is 10.7. The Kier molecular flexibility index (Phi) is 5.42. The Labute approximate surface area is 169 Å². The molecule has 4 rings (SSSR count). The summed E-state index contributed by atoms with van der Waals surface area (Å²) in [5.74, 6) is 1.50. The Morgan fingerprint density at radius 1 is 1.14 bits per heavy atom. The van der Waals surface area contributed by atoms with Gasteiger partial charge in [-0.05, 0) is 59.4 Å². The summed E-state index contributed by atoms with van der Waals surface area (Å²) in [4.78, 5) is 14.3. The first-order chi connectivity index (χ1) is 13.3. The fraction of sp³-hybridized carbons (Fsp3) is 0.800. The van der Waals surface area contributed by atoms with Gasteiger partial charge in [-0.3, -0.25) is 0 Å². The molecule has 1 saturated carbocycles. The van der Waals surface area contributed by atoms with Gasteiger partial charge in [-0.15, -0.1) is 0 Å². The summed E-state index contributed by atoms with van der Waals surface area (Å²) in [5, 5.41) is 0. The average Bonchev–Trinajstić information content (AvgIpc) is 3.34. The largest absolute Gasteiger partial charge is 0.498 e. The minimum atomic E-state index is -0.409. The molecule has 3 aliphatic rings. The molecule has 0 amide bonds. The van der Waals surface area contributed by atoms with Crippen LogP contribution >= 0.6 is 0 Å². The lowest BCUT2D eigenvalue weighted by Gasteiger charge is -2.32. The summed E-state index contributed by atoms with van der Waals surface area (Å²) in [7, 11) is -0.409. The van der Waals surface area contributed by atoms with Crippen LogP contribution in [-0.2, 0) is 9.31 Å². The molecule has 0 aromatic carbocycles. The van der Waals surface area contributed by atoms with E-state index in [0.717, 1.165) is 44.1 Å². The molecule has 1 aromatic heterocycles. The SMILES string of the molecule is CC1(C)OB(c2cnc(N(C[C@H]3CCN(CCN)C3)C3CC3)nc2)OC1(C)C. The summed E-state index contributed by atoms with van der Waals surface area (Å²) in [6.45, 7) is 13.3. The standard InChI is InChI=1S/C20H34BN5O2/c1-19(2)20(3,4)28-21(27-19)16-11-23-18(24-12-16)26(17-5-6-17)14-15-7-9-25(13-15)10-8-22/h11-12,15,17H,5-10,13-14,22H2,1-4H3/t15-/m0/s1. The molecule has 0 bridgehead atoms. The summed E-state index contributed by atoms with van der Waals surface area (Å²) in [6, 6.07) is 0.589. The molecule has 2 N–H and O–H groups in total. The van der Waals surface area contributed by atoms with E-state index in [0.29, 0.717) is 12.0 Å². The van der Waals surface area contributed by atoms with Gasteiger partial charge in [0.05, 0.1) is 11.2 Å². The molecule has 3 heterocycles. The van der Waals surface area contributed by atoms with Gasteiger partial charge in [-0.1, -0.05) is 0 Å². The zero-order chi connectivity index (χ0) is 19.9. The highest BCUT2D eigenvalue weighted by atomic mass is 16.7. The van der Waals surface area contributed by atoms with Gasteiger partial charge >= 0.3 is 7.12 Å². The first-order valence-electron chi connectivity index (χ1n) is 10.7. The molecule has 3 fully saturated rings. The van der Waals surface area contributed by atoms with Crippen LogP contribution in [0.3, 0.4) is 0 Å². The van der Waals surface area contributed by atoms with Crippen molar-refractivity contribution in [1.82, 2.24) is 14.9 Å². The third-order valence-electron chi connectivity index (χ3n) is 6.70. The van der Waals surface area contributed by atoms with Crippen LogP contribution in [0.1, 0.15) is 47.0 Å². The van der Waals surface area contributed by atoms with Crippen molar-refractivity contribution in [3.63, 3.8) is 0 Å². The number of nitrogens with zero attached hydrogens (tertiary/aromatic N) is 4. The Morgan fingerprint density at radius 3 is 2.36 bits per heavy atom. The zero-order valence-corrected chi connectivity index (χ0v) is 17.7. The second kappa shape index (κ2) is 7.56. The van der Waals surface area contributed by atoms with Crippen molar-refractivity contribution in [2.24, 2.45) is 11.7 Å². The number of likely N-dealkylation sites (tertiary alicyclic amines) is 1. The van der Waals surface area contributed by atoms with E-state index in [1.807, 2.05) is 12.4 Å². The molecule has 154 valence electrons. The molecule has 1 aromatic rings. The quantitative estimate of drug-likeness (QED) is 0.700. The fourth-order valence-corrected chi connectivity index (χ4v) is 4.09. The average molecular weight is 387 g/mol. The van der Waals surface area contributed by atoms with E-state index in [4.69, 9.17) is 25.0 Å². The van der Waals surface area contributed by atoms with Crippen molar-refractivity contribution in [1.29, 1.82) is 0 Å². The van der Waals surface area contributed by atoms with E-state index in [-0.39, 0.29) is 11.2 Å². The van der Waals surface area contributed by atoms with Crippen molar-refractivity contribution in [3.05, 3.63) is 12.4 Å². The molecule has 7 nitrogen and oxygen atoms in total. The van der Waals surface area contributed by atoms with Gasteiger partial charge in [0, 0.05) is 50.1 Å². The highest BCUT2D eigenvalue weighted by molar-refractivity contribution is 6.61. The number of hydrogen-bond donors (Lipinski definition) is 1. The van der Waals surface area contributed by atoms with Gasteiger partial charge in [0.15, 0.2) is 0 Å². The van der Waals surface area contributed by atoms with Crippen molar-refractivity contribution >= 4 is 18.5 Å². The second-order valence-electron chi connectivity index (χ2n) is 9.53. The van der Waals surface area contributed by atoms with Crippen LogP contribution in [0.2, 0.25) is 0 Å². The normalized spacial score (nSPS) is 26.8. The predicted octanol–water partition coefficient (Wildman–Crippen LogP) is 1.03. The maximum absolute atomic E-state index is 6.12. The molecular formula is C20H34BN5O2. The van der Waals surface area contributed by atoms with E-state index in [1.54, 1.807) is 0 Å². The van der Waals surface area contributed by atoms with Gasteiger partial charge in [-0.25, -0.2) is 9.97 Å². The predicted molar refractivity (Wildman–Crippen MR) is 112 cm³/mol. The molecule has 0 spiro atoms. The number of anilines is 1. The van der Waals surface area contributed by atoms with Crippen LogP contribution in [0.4, 0.5) is 5.95 Å². The summed E-state index contributed by atoms with van der Waals surface area (Å²) in [5.41, 5.74) is 5.89. The lowest BCUT2D eigenvalue weighted by Crippen LogP contribution is -2.41. The van der Waals surface area contributed by atoms with Gasteiger partial charge in [0.2, 0.25) is 5.95 Å². The molecule has 8 heteroatoms. The van der Waals surface area contributed by atoms with Crippen LogP contribution in [0.5, 0.6) is 0 Å². The van der Waals surface area contributed by atoms with Gasteiger partial charge in [0.25, 0.3) is 0 Å². The van der Waals surface area contributed by atoms with Gasteiger partial charge < -0.3 is 24.8 Å². The third kappa shape index (κ3) is 4.06. The van der Waals surface area contributed by atoms with Crippen molar-refractivity contribution in [2.75, 3.05) is 37.6 Å². The molecule has 0 unspecified atom stereocenters. The van der Waals surface area contributed by atoms with E-state index in [9.17, 15) is 0 Å². The van der Waals surface area contributed by atoms with Crippen LogP contribution in [-0.4, -0.2) is 72.0 Å². The molecule has 0 radical (unpaired) electrons. The van der Waals surface area contributed by atoms with Gasteiger partial charge in [-0.2, -0.15) is 0 Å². The first kappa shape index (κ1) is 20.1. The molecule has 1 aliphatic carbocycles. The Bertz CT molecular complexity index is 664. The molecular weight excluding hydrogens is 353 g/mol. The van der Waals surface area contributed by atoms with Crippen molar-refractivity contribution in [3.8, 4) is 0 Å². The molecule has 28 heavy (non-hydrogen) atoms. The van der Waals surface area contributed by atoms with E-state index in [1.165, 1.54) is 19.3 Å². The Balaban J connectivity index is 1.42. The summed E-state index contributed by atoms with van der Waals surface area (Å²) < 4.78 is 12.2. The maximum atomic E-state index is 6.12. The van der Waals surface area contributed by atoms with Crippen molar-refractivity contribution < 1.29 is 9.31 Å². The van der Waals surface area contributed by atoms with Crippen LogP contribution in [0, 0.1) is 5.92 Å². The molecule has 2 aliphatic heterocycles. The minimum Gasteiger partial charge on any atom is -0.399 e. The van der Waals surface area contributed by atoms with Crippen LogP contribution in [0.25, 0.3) is 0 Å². The summed E-state index contributed by atoms with van der Waals surface area (Å²) in [6.07, 6.45) is 7.45. The monoisotopic (exact) mass is 387 g/mol. The van der Waals surface area contributed by atoms with E-state index in [2.05, 4.69) is 37.5 Å². The van der Waals surface area contributed by atoms with E-state index < -0.39 is 7.12 Å². The highest BCUT2D eigenvalue weighted by Crippen LogP contribution is 2.36. The minimum absolute atomic E-state index is 0.353. The van der Waals surface area contributed by atoms with Gasteiger partial charge in [0.1, 0.15) is 0 Å². The Hall–Kier alpha value is -1.22.